The molecule has 114 valence electrons. The Labute approximate surface area is 133 Å². The summed E-state index contributed by atoms with van der Waals surface area (Å²) in [4.78, 5) is 12.6. The standard InChI is InChI=1S/C18H16N4O/c23-18(19-15-11-10-12-6-4-5-9-14(12)15)17-16(20-22-21-17)13-7-2-1-3-8-13/h1-9,15H,10-11H2,(H,19,23)(H,20,21,22). The van der Waals surface area contributed by atoms with Crippen molar-refractivity contribution >= 4 is 5.91 Å². The van der Waals surface area contributed by atoms with Crippen molar-refractivity contribution in [1.82, 2.24) is 20.7 Å². The number of H-pyrrole nitrogens is 1. The Balaban J connectivity index is 1.59. The molecule has 1 aliphatic carbocycles. The summed E-state index contributed by atoms with van der Waals surface area (Å²) in [6.07, 6.45) is 1.91. The molecule has 0 saturated carbocycles. The van der Waals surface area contributed by atoms with Crippen molar-refractivity contribution in [3.63, 3.8) is 0 Å². The highest BCUT2D eigenvalue weighted by atomic mass is 16.2. The molecule has 1 aliphatic rings. The quantitative estimate of drug-likeness (QED) is 0.781. The van der Waals surface area contributed by atoms with Gasteiger partial charge in [0.25, 0.3) is 5.91 Å². The van der Waals surface area contributed by atoms with Gasteiger partial charge in [-0.25, -0.2) is 0 Å². The molecule has 1 atom stereocenters. The number of benzene rings is 2. The normalized spacial score (nSPS) is 16.1. The zero-order chi connectivity index (χ0) is 15.6. The van der Waals surface area contributed by atoms with E-state index in [-0.39, 0.29) is 11.9 Å². The van der Waals surface area contributed by atoms with Gasteiger partial charge in [-0.2, -0.15) is 15.4 Å². The zero-order valence-corrected chi connectivity index (χ0v) is 12.5. The van der Waals surface area contributed by atoms with E-state index in [1.165, 1.54) is 11.1 Å². The molecule has 1 amide bonds. The third kappa shape index (κ3) is 2.50. The third-order valence-corrected chi connectivity index (χ3v) is 4.25. The van der Waals surface area contributed by atoms with Gasteiger partial charge in [-0.15, -0.1) is 0 Å². The van der Waals surface area contributed by atoms with Crippen LogP contribution in [-0.4, -0.2) is 21.3 Å². The Hall–Kier alpha value is -2.95. The van der Waals surface area contributed by atoms with Gasteiger partial charge in [-0.05, 0) is 24.0 Å². The zero-order valence-electron chi connectivity index (χ0n) is 12.5. The minimum absolute atomic E-state index is 0.0408. The molecule has 23 heavy (non-hydrogen) atoms. The number of rotatable bonds is 3. The molecule has 3 aromatic rings. The Kier molecular flexibility index (Phi) is 3.38. The van der Waals surface area contributed by atoms with Gasteiger partial charge < -0.3 is 5.32 Å². The van der Waals surface area contributed by atoms with Gasteiger partial charge in [0.05, 0.1) is 6.04 Å². The number of fused-ring (bicyclic) bond motifs is 1. The average molecular weight is 304 g/mol. The highest BCUT2D eigenvalue weighted by Crippen LogP contribution is 2.31. The highest BCUT2D eigenvalue weighted by molar-refractivity contribution is 5.98. The van der Waals surface area contributed by atoms with Crippen LogP contribution in [0.4, 0.5) is 0 Å². The molecule has 5 nitrogen and oxygen atoms in total. The van der Waals surface area contributed by atoms with E-state index in [0.29, 0.717) is 11.4 Å². The highest BCUT2D eigenvalue weighted by Gasteiger charge is 2.26. The lowest BCUT2D eigenvalue weighted by Gasteiger charge is -2.13. The van der Waals surface area contributed by atoms with Crippen LogP contribution in [0.1, 0.15) is 34.1 Å². The maximum Gasteiger partial charge on any atom is 0.274 e. The first-order valence-corrected chi connectivity index (χ1v) is 7.68. The first kappa shape index (κ1) is 13.7. The van der Waals surface area contributed by atoms with Crippen molar-refractivity contribution in [2.45, 2.75) is 18.9 Å². The number of aromatic nitrogens is 3. The van der Waals surface area contributed by atoms with E-state index in [2.05, 4.69) is 32.9 Å². The molecule has 5 heteroatoms. The minimum atomic E-state index is -0.195. The fraction of sp³-hybridized carbons (Fsp3) is 0.167. The van der Waals surface area contributed by atoms with Crippen LogP contribution < -0.4 is 5.32 Å². The number of nitrogens with one attached hydrogen (secondary N) is 2. The van der Waals surface area contributed by atoms with Gasteiger partial charge in [0, 0.05) is 5.56 Å². The summed E-state index contributed by atoms with van der Waals surface area (Å²) in [5.41, 5.74) is 4.29. The van der Waals surface area contributed by atoms with Crippen molar-refractivity contribution in [3.8, 4) is 11.3 Å². The maximum atomic E-state index is 12.6. The molecule has 4 rings (SSSR count). The Bertz CT molecular complexity index is 841. The topological polar surface area (TPSA) is 70.7 Å². The van der Waals surface area contributed by atoms with Crippen molar-refractivity contribution in [2.24, 2.45) is 0 Å². The second-order valence-electron chi connectivity index (χ2n) is 5.65. The van der Waals surface area contributed by atoms with E-state index in [9.17, 15) is 4.79 Å². The first-order valence-electron chi connectivity index (χ1n) is 7.68. The van der Waals surface area contributed by atoms with Gasteiger partial charge >= 0.3 is 0 Å². The van der Waals surface area contributed by atoms with Gasteiger partial charge in [0.15, 0.2) is 5.69 Å². The lowest BCUT2D eigenvalue weighted by molar-refractivity contribution is 0.0932. The van der Waals surface area contributed by atoms with Crippen LogP contribution in [0.15, 0.2) is 54.6 Å². The van der Waals surface area contributed by atoms with E-state index < -0.39 is 0 Å². The molecule has 1 aromatic heterocycles. The molecule has 0 bridgehead atoms. The summed E-state index contributed by atoms with van der Waals surface area (Å²) in [6.45, 7) is 0. The Morgan fingerprint density at radius 2 is 1.83 bits per heavy atom. The fourth-order valence-corrected chi connectivity index (χ4v) is 3.12. The summed E-state index contributed by atoms with van der Waals surface area (Å²) in [7, 11) is 0. The van der Waals surface area contributed by atoms with E-state index in [1.807, 2.05) is 42.5 Å². The molecule has 2 aromatic carbocycles. The molecular weight excluding hydrogens is 288 g/mol. The molecule has 0 spiro atoms. The number of aromatic amines is 1. The Morgan fingerprint density at radius 1 is 1.04 bits per heavy atom. The monoisotopic (exact) mass is 304 g/mol. The van der Waals surface area contributed by atoms with Crippen LogP contribution in [0.3, 0.4) is 0 Å². The summed E-state index contributed by atoms with van der Waals surface area (Å²) in [6, 6.07) is 17.9. The van der Waals surface area contributed by atoms with Gasteiger partial charge in [0.2, 0.25) is 0 Å². The lowest BCUT2D eigenvalue weighted by atomic mass is 10.1. The van der Waals surface area contributed by atoms with Crippen LogP contribution in [0, 0.1) is 0 Å². The number of nitrogens with zero attached hydrogens (tertiary/aromatic N) is 2. The first-order chi connectivity index (χ1) is 11.3. The summed E-state index contributed by atoms with van der Waals surface area (Å²) >= 11 is 0. The number of hydrogen-bond donors (Lipinski definition) is 2. The van der Waals surface area contributed by atoms with Crippen molar-refractivity contribution < 1.29 is 4.79 Å². The summed E-state index contributed by atoms with van der Waals surface area (Å²) in [5, 5.41) is 13.8. The number of aryl methyl sites for hydroxylation is 1. The van der Waals surface area contributed by atoms with Crippen LogP contribution >= 0.6 is 0 Å². The minimum Gasteiger partial charge on any atom is -0.344 e. The van der Waals surface area contributed by atoms with E-state index in [4.69, 9.17) is 0 Å². The molecule has 0 aliphatic heterocycles. The third-order valence-electron chi connectivity index (χ3n) is 4.25. The van der Waals surface area contributed by atoms with Crippen LogP contribution in [-0.2, 0) is 6.42 Å². The predicted octanol–water partition coefficient (Wildman–Crippen LogP) is 2.89. The van der Waals surface area contributed by atoms with Gasteiger partial charge in [-0.1, -0.05) is 54.6 Å². The molecule has 0 radical (unpaired) electrons. The van der Waals surface area contributed by atoms with Crippen molar-refractivity contribution in [1.29, 1.82) is 0 Å². The van der Waals surface area contributed by atoms with Crippen molar-refractivity contribution in [3.05, 3.63) is 71.4 Å². The van der Waals surface area contributed by atoms with Gasteiger partial charge in [-0.3, -0.25) is 4.79 Å². The van der Waals surface area contributed by atoms with Crippen molar-refractivity contribution in [2.75, 3.05) is 0 Å². The molecule has 2 N–H and O–H groups in total. The largest absolute Gasteiger partial charge is 0.344 e. The van der Waals surface area contributed by atoms with E-state index in [0.717, 1.165) is 18.4 Å². The molecule has 0 saturated heterocycles. The summed E-state index contributed by atoms with van der Waals surface area (Å²) < 4.78 is 0. The smallest absolute Gasteiger partial charge is 0.274 e. The number of amides is 1. The van der Waals surface area contributed by atoms with Crippen LogP contribution in [0.25, 0.3) is 11.3 Å². The van der Waals surface area contributed by atoms with Gasteiger partial charge in [0.1, 0.15) is 5.69 Å². The molecule has 0 fully saturated rings. The summed E-state index contributed by atoms with van der Waals surface area (Å²) in [5.74, 6) is -0.195. The average Bonchev–Trinajstić information content (AvgIpc) is 3.23. The fourth-order valence-electron chi connectivity index (χ4n) is 3.12. The number of carbonyl (C=O) groups excluding carboxylic acids is 1. The Morgan fingerprint density at radius 3 is 2.70 bits per heavy atom. The lowest BCUT2D eigenvalue weighted by Crippen LogP contribution is -2.27. The number of hydrogen-bond acceptors (Lipinski definition) is 3. The maximum absolute atomic E-state index is 12.6. The molecule has 1 unspecified atom stereocenters. The predicted molar refractivity (Wildman–Crippen MR) is 86.8 cm³/mol. The second kappa shape index (κ2) is 5.68. The van der Waals surface area contributed by atoms with E-state index in [1.54, 1.807) is 0 Å². The molecule has 1 heterocycles. The van der Waals surface area contributed by atoms with E-state index >= 15 is 0 Å². The SMILES string of the molecule is O=C(NC1CCc2ccccc21)c1n[nH]nc1-c1ccccc1. The van der Waals surface area contributed by atoms with Crippen LogP contribution in [0.2, 0.25) is 0 Å². The second-order valence-corrected chi connectivity index (χ2v) is 5.65. The molecular formula is C18H16N4O. The van der Waals surface area contributed by atoms with Crippen LogP contribution in [0.5, 0.6) is 0 Å². The number of carbonyl (C=O) groups is 1.